The minimum atomic E-state index is -0.395. The van der Waals surface area contributed by atoms with Gasteiger partial charge in [0, 0.05) is 23.9 Å². The summed E-state index contributed by atoms with van der Waals surface area (Å²) in [6.07, 6.45) is 1.46. The molecule has 0 saturated heterocycles. The van der Waals surface area contributed by atoms with Gasteiger partial charge in [0.25, 0.3) is 0 Å². The number of benzene rings is 1. The topological polar surface area (TPSA) is 80.7 Å². The van der Waals surface area contributed by atoms with Gasteiger partial charge in [0.1, 0.15) is 11.6 Å². The molecule has 98 valence electrons. The van der Waals surface area contributed by atoms with Crippen molar-refractivity contribution in [2.75, 3.05) is 0 Å². The van der Waals surface area contributed by atoms with E-state index >= 15 is 0 Å². The van der Waals surface area contributed by atoms with Gasteiger partial charge < -0.3 is 15.7 Å². The van der Waals surface area contributed by atoms with Crippen LogP contribution in [-0.4, -0.2) is 16.0 Å². The van der Waals surface area contributed by atoms with Gasteiger partial charge in [0.05, 0.1) is 0 Å². The van der Waals surface area contributed by atoms with E-state index in [-0.39, 0.29) is 11.7 Å². The largest absolute Gasteiger partial charge is 0.439 e. The number of nitrogens with zero attached hydrogens (tertiary/aromatic N) is 2. The van der Waals surface area contributed by atoms with Gasteiger partial charge in [-0.25, -0.2) is 9.37 Å². The van der Waals surface area contributed by atoms with E-state index in [9.17, 15) is 4.39 Å². The molecule has 0 amide bonds. The van der Waals surface area contributed by atoms with Crippen LogP contribution in [-0.2, 0) is 0 Å². The summed E-state index contributed by atoms with van der Waals surface area (Å²) in [6, 6.07) is 7.30. The number of aryl methyl sites for hydroxylation is 1. The number of hydrogen-bond acceptors (Lipinski definition) is 4. The van der Waals surface area contributed by atoms with Crippen LogP contribution in [0.2, 0.25) is 0 Å². The Kier molecular flexibility index (Phi) is 3.61. The highest BCUT2D eigenvalue weighted by Gasteiger charge is 2.06. The molecule has 6 heteroatoms. The Balaban J connectivity index is 2.31. The molecule has 0 saturated carbocycles. The molecule has 5 nitrogen and oxygen atoms in total. The van der Waals surface area contributed by atoms with E-state index in [1.54, 1.807) is 19.1 Å². The molecule has 1 heterocycles. The van der Waals surface area contributed by atoms with Crippen LogP contribution in [0.4, 0.5) is 4.39 Å². The van der Waals surface area contributed by atoms with Crippen LogP contribution in [0.1, 0.15) is 11.1 Å². The number of rotatable bonds is 3. The van der Waals surface area contributed by atoms with E-state index in [0.717, 1.165) is 5.56 Å². The highest BCUT2D eigenvalue weighted by atomic mass is 19.1. The zero-order valence-corrected chi connectivity index (χ0v) is 10.2. The second kappa shape index (κ2) is 5.34. The van der Waals surface area contributed by atoms with E-state index in [2.05, 4.69) is 10.1 Å². The second-order valence-corrected chi connectivity index (χ2v) is 3.88. The lowest BCUT2D eigenvalue weighted by Crippen LogP contribution is -2.13. The average molecular weight is 261 g/mol. The van der Waals surface area contributed by atoms with E-state index in [1.165, 1.54) is 24.4 Å². The van der Waals surface area contributed by atoms with E-state index in [0.29, 0.717) is 11.3 Å². The summed E-state index contributed by atoms with van der Waals surface area (Å²) in [5, 5.41) is 11.5. The molecule has 0 aliphatic heterocycles. The Hall–Kier alpha value is -2.63. The number of ether oxygens (including phenoxy) is 1. The molecule has 3 N–H and O–H groups in total. The summed E-state index contributed by atoms with van der Waals surface area (Å²) in [5.41, 5.74) is 6.70. The maximum atomic E-state index is 13.1. The fourth-order valence-corrected chi connectivity index (χ4v) is 1.48. The van der Waals surface area contributed by atoms with Gasteiger partial charge in [-0.05, 0) is 24.6 Å². The summed E-state index contributed by atoms with van der Waals surface area (Å²) in [6.45, 7) is 1.79. The highest BCUT2D eigenvalue weighted by Crippen LogP contribution is 2.24. The number of pyridine rings is 1. The van der Waals surface area contributed by atoms with Gasteiger partial charge in [0.15, 0.2) is 5.84 Å². The molecule has 0 atom stereocenters. The Morgan fingerprint density at radius 2 is 2.16 bits per heavy atom. The molecule has 0 aliphatic rings. The maximum Gasteiger partial charge on any atom is 0.219 e. The zero-order chi connectivity index (χ0) is 13.8. The second-order valence-electron chi connectivity index (χ2n) is 3.88. The molecule has 0 bridgehead atoms. The Bertz CT molecular complexity index is 629. The first-order valence-electron chi connectivity index (χ1n) is 5.48. The number of nitrogens with two attached hydrogens (primary N) is 1. The Labute approximate surface area is 109 Å². The highest BCUT2D eigenvalue weighted by molar-refractivity contribution is 5.97. The molecule has 1 aromatic carbocycles. The number of amidine groups is 1. The van der Waals surface area contributed by atoms with Gasteiger partial charge in [-0.1, -0.05) is 11.2 Å². The molecule has 0 spiro atoms. The Morgan fingerprint density at radius 1 is 1.37 bits per heavy atom. The molecule has 2 aromatic rings. The lowest BCUT2D eigenvalue weighted by Gasteiger charge is -2.08. The normalized spacial score (nSPS) is 11.4. The number of oxime groups is 1. The standard InChI is InChI=1S/C13H12FN3O2/c1-8-2-3-10(14)7-11(8)19-12-6-9(4-5-16-12)13(15)17-18/h2-7,18H,1H3,(H2,15,17). The first-order chi connectivity index (χ1) is 9.10. The minimum absolute atomic E-state index is 0.0526. The van der Waals surface area contributed by atoms with Crippen LogP contribution in [0.25, 0.3) is 0 Å². The predicted molar refractivity (Wildman–Crippen MR) is 68.0 cm³/mol. The van der Waals surface area contributed by atoms with Gasteiger partial charge >= 0.3 is 0 Å². The lowest BCUT2D eigenvalue weighted by molar-refractivity contribution is 0.318. The lowest BCUT2D eigenvalue weighted by atomic mass is 10.2. The molecule has 0 fully saturated rings. The van der Waals surface area contributed by atoms with Crippen LogP contribution >= 0.6 is 0 Å². The summed E-state index contributed by atoms with van der Waals surface area (Å²) >= 11 is 0. The van der Waals surface area contributed by atoms with E-state index in [1.807, 2.05) is 0 Å². The van der Waals surface area contributed by atoms with Crippen molar-refractivity contribution in [1.29, 1.82) is 0 Å². The van der Waals surface area contributed by atoms with Crippen LogP contribution < -0.4 is 10.5 Å². The predicted octanol–water partition coefficient (Wildman–Crippen LogP) is 2.42. The van der Waals surface area contributed by atoms with Crippen molar-refractivity contribution in [3.63, 3.8) is 0 Å². The van der Waals surface area contributed by atoms with E-state index < -0.39 is 5.82 Å². The van der Waals surface area contributed by atoms with Crippen molar-refractivity contribution >= 4 is 5.84 Å². The van der Waals surface area contributed by atoms with Crippen LogP contribution in [0.5, 0.6) is 11.6 Å². The third-order valence-electron chi connectivity index (χ3n) is 2.50. The molecular weight excluding hydrogens is 249 g/mol. The molecule has 19 heavy (non-hydrogen) atoms. The first-order valence-corrected chi connectivity index (χ1v) is 5.48. The van der Waals surface area contributed by atoms with Crippen LogP contribution in [0.15, 0.2) is 41.7 Å². The quantitative estimate of drug-likeness (QED) is 0.385. The van der Waals surface area contributed by atoms with Crippen LogP contribution in [0.3, 0.4) is 0 Å². The monoisotopic (exact) mass is 261 g/mol. The molecular formula is C13H12FN3O2. The summed E-state index contributed by atoms with van der Waals surface area (Å²) in [4.78, 5) is 3.99. The molecule has 0 radical (unpaired) electrons. The third kappa shape index (κ3) is 2.98. The SMILES string of the molecule is Cc1ccc(F)cc1Oc1cc(/C(N)=N/O)ccn1. The average Bonchev–Trinajstić information content (AvgIpc) is 2.42. The number of halogens is 1. The Morgan fingerprint density at radius 3 is 2.89 bits per heavy atom. The summed E-state index contributed by atoms with van der Waals surface area (Å²) in [5.74, 6) is 0.151. The van der Waals surface area contributed by atoms with Crippen molar-refractivity contribution in [3.05, 3.63) is 53.5 Å². The van der Waals surface area contributed by atoms with Crippen molar-refractivity contribution in [2.45, 2.75) is 6.92 Å². The van der Waals surface area contributed by atoms with Crippen molar-refractivity contribution in [3.8, 4) is 11.6 Å². The third-order valence-corrected chi connectivity index (χ3v) is 2.50. The van der Waals surface area contributed by atoms with Gasteiger partial charge in [-0.3, -0.25) is 0 Å². The fourth-order valence-electron chi connectivity index (χ4n) is 1.48. The van der Waals surface area contributed by atoms with Crippen molar-refractivity contribution in [2.24, 2.45) is 10.9 Å². The molecule has 0 aliphatic carbocycles. The van der Waals surface area contributed by atoms with Crippen molar-refractivity contribution < 1.29 is 14.3 Å². The molecule has 0 unspecified atom stereocenters. The number of aromatic nitrogens is 1. The van der Waals surface area contributed by atoms with Gasteiger partial charge in [-0.15, -0.1) is 0 Å². The maximum absolute atomic E-state index is 13.1. The minimum Gasteiger partial charge on any atom is -0.439 e. The zero-order valence-electron chi connectivity index (χ0n) is 10.2. The summed E-state index contributed by atoms with van der Waals surface area (Å²) in [7, 11) is 0. The van der Waals surface area contributed by atoms with Crippen LogP contribution in [0, 0.1) is 12.7 Å². The molecule has 1 aromatic heterocycles. The first kappa shape index (κ1) is 12.8. The van der Waals surface area contributed by atoms with Gasteiger partial charge in [0.2, 0.25) is 5.88 Å². The number of hydrogen-bond donors (Lipinski definition) is 2. The smallest absolute Gasteiger partial charge is 0.219 e. The summed E-state index contributed by atoms with van der Waals surface area (Å²) < 4.78 is 18.6. The molecule has 2 rings (SSSR count). The van der Waals surface area contributed by atoms with E-state index in [4.69, 9.17) is 15.7 Å². The fraction of sp³-hybridized carbons (Fsp3) is 0.0769. The van der Waals surface area contributed by atoms with Gasteiger partial charge in [-0.2, -0.15) is 0 Å². The van der Waals surface area contributed by atoms with Crippen molar-refractivity contribution in [1.82, 2.24) is 4.98 Å².